The quantitative estimate of drug-likeness (QED) is 0.783. The fourth-order valence-corrected chi connectivity index (χ4v) is 2.55. The number of hydrogen-bond acceptors (Lipinski definition) is 3. The Morgan fingerprint density at radius 1 is 1.21 bits per heavy atom. The first kappa shape index (κ1) is 18.1. The molecule has 0 saturated carbocycles. The van der Waals surface area contributed by atoms with Gasteiger partial charge in [0, 0.05) is 25.4 Å². The molecule has 0 unspecified atom stereocenters. The number of hydrogen-bond donors (Lipinski definition) is 1. The third-order valence-corrected chi connectivity index (χ3v) is 3.83. The summed E-state index contributed by atoms with van der Waals surface area (Å²) < 4.78 is 7.12. The molecule has 0 aliphatic rings. The topological polar surface area (TPSA) is 60.3 Å². The minimum Gasteiger partial charge on any atom is -0.483 e. The predicted octanol–water partition coefficient (Wildman–Crippen LogP) is 2.70. The van der Waals surface area contributed by atoms with Crippen LogP contribution < -0.4 is 15.6 Å². The molecule has 0 atom stereocenters. The highest BCUT2D eigenvalue weighted by Crippen LogP contribution is 2.21. The minimum absolute atomic E-state index is 0.0250. The number of rotatable bonds is 7. The zero-order valence-corrected chi connectivity index (χ0v) is 14.6. The van der Waals surface area contributed by atoms with Crippen molar-refractivity contribution < 1.29 is 9.53 Å². The van der Waals surface area contributed by atoms with Gasteiger partial charge in [0.15, 0.2) is 6.61 Å². The van der Waals surface area contributed by atoms with Crippen molar-refractivity contribution in [3.8, 4) is 5.75 Å². The molecule has 128 valence electrons. The predicted molar refractivity (Wildman–Crippen MR) is 94.7 cm³/mol. The van der Waals surface area contributed by atoms with E-state index in [1.165, 1.54) is 10.6 Å². The van der Waals surface area contributed by atoms with E-state index >= 15 is 0 Å². The molecule has 0 fully saturated rings. The van der Waals surface area contributed by atoms with Crippen molar-refractivity contribution in [1.82, 2.24) is 9.88 Å². The van der Waals surface area contributed by atoms with E-state index in [0.717, 1.165) is 16.9 Å². The van der Waals surface area contributed by atoms with Gasteiger partial charge in [-0.05, 0) is 37.5 Å². The second kappa shape index (κ2) is 8.55. The zero-order valence-electron chi connectivity index (χ0n) is 13.8. The molecule has 0 radical (unpaired) electrons. The molecule has 0 spiro atoms. The number of para-hydroxylation sites is 1. The molecule has 1 aromatic heterocycles. The third kappa shape index (κ3) is 5.13. The number of carbonyl (C=O) groups is 1. The number of nitrogens with zero attached hydrogens (tertiary/aromatic N) is 1. The van der Waals surface area contributed by atoms with Gasteiger partial charge >= 0.3 is 0 Å². The normalized spacial score (nSPS) is 10.5. The molecule has 0 bridgehead atoms. The van der Waals surface area contributed by atoms with Crippen molar-refractivity contribution in [2.45, 2.75) is 26.8 Å². The summed E-state index contributed by atoms with van der Waals surface area (Å²) in [6.45, 7) is 4.83. The maximum absolute atomic E-state index is 11.8. The van der Waals surface area contributed by atoms with Crippen LogP contribution in [0, 0.1) is 13.8 Å². The summed E-state index contributed by atoms with van der Waals surface area (Å²) in [5.74, 6) is 0.564. The maximum atomic E-state index is 11.8. The average molecular weight is 349 g/mol. The zero-order chi connectivity index (χ0) is 17.5. The first-order valence-electron chi connectivity index (χ1n) is 7.79. The highest BCUT2D eigenvalue weighted by atomic mass is 35.5. The summed E-state index contributed by atoms with van der Waals surface area (Å²) in [5, 5.41) is 3.30. The standard InChI is InChI=1S/C18H21ClN2O3/c1-13-5-3-6-14(2)18(13)24-12-16(22)20-9-4-10-21-11-15(19)7-8-17(21)23/h3,5-8,11H,4,9-10,12H2,1-2H3,(H,20,22). The van der Waals surface area contributed by atoms with E-state index in [0.29, 0.717) is 24.5 Å². The number of benzene rings is 1. The van der Waals surface area contributed by atoms with Gasteiger partial charge in [-0.3, -0.25) is 9.59 Å². The van der Waals surface area contributed by atoms with E-state index in [2.05, 4.69) is 5.32 Å². The Hall–Kier alpha value is -2.27. The summed E-state index contributed by atoms with van der Waals surface area (Å²) in [5.41, 5.74) is 1.90. The van der Waals surface area contributed by atoms with Crippen molar-refractivity contribution in [3.63, 3.8) is 0 Å². The fourth-order valence-electron chi connectivity index (χ4n) is 2.37. The van der Waals surface area contributed by atoms with E-state index in [9.17, 15) is 9.59 Å². The molecule has 0 saturated heterocycles. The number of halogens is 1. The Bertz CT molecular complexity index is 751. The number of aryl methyl sites for hydroxylation is 3. The lowest BCUT2D eigenvalue weighted by molar-refractivity contribution is -0.123. The summed E-state index contributed by atoms with van der Waals surface area (Å²) in [4.78, 5) is 23.5. The van der Waals surface area contributed by atoms with E-state index in [1.807, 2.05) is 32.0 Å². The Kier molecular flexibility index (Phi) is 6.44. The van der Waals surface area contributed by atoms with Gasteiger partial charge in [-0.25, -0.2) is 0 Å². The van der Waals surface area contributed by atoms with Gasteiger partial charge in [0.2, 0.25) is 0 Å². The van der Waals surface area contributed by atoms with Gasteiger partial charge in [0.05, 0.1) is 5.02 Å². The van der Waals surface area contributed by atoms with Gasteiger partial charge in [-0.2, -0.15) is 0 Å². The largest absolute Gasteiger partial charge is 0.483 e. The summed E-state index contributed by atoms with van der Waals surface area (Å²) in [6.07, 6.45) is 2.23. The maximum Gasteiger partial charge on any atom is 0.257 e. The molecule has 2 aromatic rings. The van der Waals surface area contributed by atoms with Gasteiger partial charge in [0.25, 0.3) is 11.5 Å². The molecule has 24 heavy (non-hydrogen) atoms. The van der Waals surface area contributed by atoms with Crippen LogP contribution in [0.4, 0.5) is 0 Å². The van der Waals surface area contributed by atoms with Crippen molar-refractivity contribution in [1.29, 1.82) is 0 Å². The lowest BCUT2D eigenvalue weighted by Crippen LogP contribution is -2.31. The molecule has 5 nitrogen and oxygen atoms in total. The second-order valence-electron chi connectivity index (χ2n) is 5.59. The number of nitrogens with one attached hydrogen (secondary N) is 1. The summed E-state index contributed by atoms with van der Waals surface area (Å²) >= 11 is 5.86. The Labute approximate surface area is 146 Å². The lowest BCUT2D eigenvalue weighted by Gasteiger charge is -2.12. The van der Waals surface area contributed by atoms with Crippen molar-refractivity contribution in [3.05, 3.63) is 63.0 Å². The molecular formula is C18H21ClN2O3. The number of pyridine rings is 1. The van der Waals surface area contributed by atoms with Crippen LogP contribution in [0.25, 0.3) is 0 Å². The van der Waals surface area contributed by atoms with Crippen LogP contribution >= 0.6 is 11.6 Å². The minimum atomic E-state index is -0.184. The molecule has 0 aliphatic carbocycles. The molecule has 1 heterocycles. The molecule has 0 aliphatic heterocycles. The fraction of sp³-hybridized carbons (Fsp3) is 0.333. The smallest absolute Gasteiger partial charge is 0.257 e. The van der Waals surface area contributed by atoms with E-state index in [1.54, 1.807) is 12.3 Å². The van der Waals surface area contributed by atoms with Crippen molar-refractivity contribution in [2.75, 3.05) is 13.2 Å². The lowest BCUT2D eigenvalue weighted by atomic mass is 10.1. The Balaban J connectivity index is 1.74. The SMILES string of the molecule is Cc1cccc(C)c1OCC(=O)NCCCn1cc(Cl)ccc1=O. The number of ether oxygens (including phenoxy) is 1. The first-order valence-corrected chi connectivity index (χ1v) is 8.17. The summed E-state index contributed by atoms with van der Waals surface area (Å²) in [6, 6.07) is 8.84. The highest BCUT2D eigenvalue weighted by molar-refractivity contribution is 6.30. The average Bonchev–Trinajstić information content (AvgIpc) is 2.54. The summed E-state index contributed by atoms with van der Waals surface area (Å²) in [7, 11) is 0. The van der Waals surface area contributed by atoms with Crippen LogP contribution in [-0.2, 0) is 11.3 Å². The van der Waals surface area contributed by atoms with Gasteiger partial charge in [-0.15, -0.1) is 0 Å². The van der Waals surface area contributed by atoms with Gasteiger partial charge in [-0.1, -0.05) is 29.8 Å². The van der Waals surface area contributed by atoms with Crippen LogP contribution in [0.3, 0.4) is 0 Å². The number of amides is 1. The highest BCUT2D eigenvalue weighted by Gasteiger charge is 2.07. The molecule has 1 amide bonds. The Morgan fingerprint density at radius 3 is 2.62 bits per heavy atom. The van der Waals surface area contributed by atoms with E-state index in [4.69, 9.17) is 16.3 Å². The van der Waals surface area contributed by atoms with Crippen LogP contribution in [0.5, 0.6) is 5.75 Å². The van der Waals surface area contributed by atoms with Gasteiger partial charge in [0.1, 0.15) is 5.75 Å². The molecule has 2 rings (SSSR count). The third-order valence-electron chi connectivity index (χ3n) is 3.60. The number of carbonyl (C=O) groups excluding carboxylic acids is 1. The second-order valence-corrected chi connectivity index (χ2v) is 6.03. The van der Waals surface area contributed by atoms with E-state index < -0.39 is 0 Å². The molecule has 1 N–H and O–H groups in total. The van der Waals surface area contributed by atoms with Crippen molar-refractivity contribution in [2.24, 2.45) is 0 Å². The van der Waals surface area contributed by atoms with Crippen LogP contribution in [0.1, 0.15) is 17.5 Å². The van der Waals surface area contributed by atoms with Crippen molar-refractivity contribution >= 4 is 17.5 Å². The molecule has 1 aromatic carbocycles. The molecule has 6 heteroatoms. The van der Waals surface area contributed by atoms with Crippen LogP contribution in [0.2, 0.25) is 5.02 Å². The monoisotopic (exact) mass is 348 g/mol. The molecular weight excluding hydrogens is 328 g/mol. The van der Waals surface area contributed by atoms with Crippen LogP contribution in [-0.4, -0.2) is 23.6 Å². The number of aromatic nitrogens is 1. The van der Waals surface area contributed by atoms with E-state index in [-0.39, 0.29) is 18.1 Å². The first-order chi connectivity index (χ1) is 11.5. The van der Waals surface area contributed by atoms with Crippen LogP contribution in [0.15, 0.2) is 41.3 Å². The Morgan fingerprint density at radius 2 is 1.92 bits per heavy atom. The van der Waals surface area contributed by atoms with Gasteiger partial charge < -0.3 is 14.6 Å².